The molecule has 1 unspecified atom stereocenters. The molecular formula is C25H37N5O4S. The van der Waals surface area contributed by atoms with Gasteiger partial charge in [0, 0.05) is 55.9 Å². The highest BCUT2D eigenvalue weighted by Crippen LogP contribution is 2.36. The lowest BCUT2D eigenvalue weighted by Gasteiger charge is -2.26. The molecule has 3 aliphatic rings. The van der Waals surface area contributed by atoms with E-state index in [0.717, 1.165) is 41.4 Å². The second-order valence-corrected chi connectivity index (χ2v) is 10.4. The van der Waals surface area contributed by atoms with E-state index in [9.17, 15) is 9.00 Å². The Morgan fingerprint density at radius 2 is 1.91 bits per heavy atom. The number of piperidine rings is 1. The number of aromatic nitrogens is 2. The Kier molecular flexibility index (Phi) is 9.84. The number of methoxy groups -OCH3 is 1. The number of fused-ring (bicyclic) bond motifs is 3. The van der Waals surface area contributed by atoms with Crippen LogP contribution in [0.3, 0.4) is 0 Å². The number of likely N-dealkylation sites (tertiary alicyclic amines) is 1. The molecule has 2 aromatic rings. The van der Waals surface area contributed by atoms with Gasteiger partial charge in [-0.3, -0.25) is 14.1 Å². The highest BCUT2D eigenvalue weighted by atomic mass is 32.2. The minimum Gasteiger partial charge on any atom is -0.383 e. The molecule has 0 spiro atoms. The predicted octanol–water partition coefficient (Wildman–Crippen LogP) is 1.88. The molecule has 35 heavy (non-hydrogen) atoms. The number of carbonyl (C=O) groups is 1. The number of carbonyl (C=O) groups excluding carboxylic acids is 1. The molecule has 0 saturated carbocycles. The van der Waals surface area contributed by atoms with E-state index in [-0.39, 0.29) is 5.91 Å². The third-order valence-corrected chi connectivity index (χ3v) is 7.98. The number of benzene rings is 1. The quantitative estimate of drug-likeness (QED) is 0.557. The van der Waals surface area contributed by atoms with Gasteiger partial charge >= 0.3 is 0 Å². The molecule has 1 amide bonds. The van der Waals surface area contributed by atoms with Crippen LogP contribution in [0.1, 0.15) is 35.3 Å². The van der Waals surface area contributed by atoms with E-state index < -0.39 is 10.8 Å². The number of ether oxygens (including phenoxy) is 2. The summed E-state index contributed by atoms with van der Waals surface area (Å²) >= 11 is 0. The molecule has 0 aliphatic carbocycles. The molecule has 2 fully saturated rings. The molecule has 1 aromatic heterocycles. The highest BCUT2D eigenvalue weighted by molar-refractivity contribution is 7.84. The maximum absolute atomic E-state index is 12.7. The van der Waals surface area contributed by atoms with E-state index in [1.54, 1.807) is 12.0 Å². The van der Waals surface area contributed by atoms with Crippen molar-refractivity contribution in [1.29, 1.82) is 0 Å². The van der Waals surface area contributed by atoms with E-state index in [4.69, 9.17) is 9.47 Å². The van der Waals surface area contributed by atoms with Crippen molar-refractivity contribution in [3.05, 3.63) is 35.5 Å². The molecule has 3 aliphatic heterocycles. The van der Waals surface area contributed by atoms with Gasteiger partial charge in [0.25, 0.3) is 5.91 Å². The summed E-state index contributed by atoms with van der Waals surface area (Å²) in [6.45, 7) is 8.95. The summed E-state index contributed by atoms with van der Waals surface area (Å²) < 4.78 is 22.7. The van der Waals surface area contributed by atoms with Gasteiger partial charge in [-0.25, -0.2) is 0 Å². The van der Waals surface area contributed by atoms with Crippen LogP contribution in [-0.4, -0.2) is 103 Å². The zero-order chi connectivity index (χ0) is 24.5. The van der Waals surface area contributed by atoms with Crippen molar-refractivity contribution in [2.45, 2.75) is 29.9 Å². The number of hydrogen-bond donors (Lipinski definition) is 2. The van der Waals surface area contributed by atoms with Gasteiger partial charge in [0.2, 0.25) is 0 Å². The smallest absolute Gasteiger partial charge is 0.272 e. The van der Waals surface area contributed by atoms with Crippen LogP contribution in [0.5, 0.6) is 0 Å². The van der Waals surface area contributed by atoms with Gasteiger partial charge in [0.15, 0.2) is 0 Å². The summed E-state index contributed by atoms with van der Waals surface area (Å²) in [5.41, 5.74) is 2.81. The maximum atomic E-state index is 12.7. The Balaban J connectivity index is 0.000000191. The number of nitrogens with one attached hydrogen (secondary N) is 2. The van der Waals surface area contributed by atoms with Crippen LogP contribution in [0, 0.1) is 0 Å². The van der Waals surface area contributed by atoms with Crippen molar-refractivity contribution >= 4 is 16.7 Å². The molecule has 5 rings (SSSR count). The Labute approximate surface area is 210 Å². The van der Waals surface area contributed by atoms with Gasteiger partial charge in [-0.2, -0.15) is 5.10 Å². The lowest BCUT2D eigenvalue weighted by molar-refractivity contribution is 0.0298. The summed E-state index contributed by atoms with van der Waals surface area (Å²) in [5, 5.41) is 10.5. The molecule has 4 heterocycles. The zero-order valence-corrected chi connectivity index (χ0v) is 21.4. The number of rotatable bonds is 7. The van der Waals surface area contributed by atoms with Gasteiger partial charge in [-0.05, 0) is 32.0 Å². The molecule has 0 bridgehead atoms. The molecular weight excluding hydrogens is 466 g/mol. The first-order chi connectivity index (χ1) is 17.2. The van der Waals surface area contributed by atoms with Crippen molar-refractivity contribution < 1.29 is 18.5 Å². The third kappa shape index (κ3) is 6.77. The Morgan fingerprint density at radius 1 is 1.14 bits per heavy atom. The number of amides is 1. The molecule has 1 atom stereocenters. The number of H-pyrrole nitrogens is 1. The van der Waals surface area contributed by atoms with Crippen LogP contribution >= 0.6 is 0 Å². The summed E-state index contributed by atoms with van der Waals surface area (Å²) in [6.07, 6.45) is 4.20. The largest absolute Gasteiger partial charge is 0.383 e. The first kappa shape index (κ1) is 26.0. The summed E-state index contributed by atoms with van der Waals surface area (Å²) in [6, 6.07) is 7.51. The van der Waals surface area contributed by atoms with Crippen LogP contribution < -0.4 is 5.32 Å². The number of nitrogens with zero attached hydrogens (tertiary/aromatic N) is 3. The molecule has 192 valence electrons. The van der Waals surface area contributed by atoms with E-state index in [1.165, 1.54) is 38.9 Å². The van der Waals surface area contributed by atoms with E-state index in [2.05, 4.69) is 20.4 Å². The SMILES string of the molecule is COCCNCCN1CCCCC1.O=C(c1[nH]nc2c1CS(=O)c1ccccc1-2)N1CCOCC1. The normalized spacial score (nSPS) is 19.9. The van der Waals surface area contributed by atoms with Crippen molar-refractivity contribution in [1.82, 2.24) is 25.3 Å². The fourth-order valence-corrected chi connectivity index (χ4v) is 5.96. The fourth-order valence-electron chi connectivity index (χ4n) is 4.62. The van der Waals surface area contributed by atoms with Crippen LogP contribution in [-0.2, 0) is 26.0 Å². The Hall–Kier alpha value is -2.11. The van der Waals surface area contributed by atoms with Crippen LogP contribution in [0.15, 0.2) is 29.2 Å². The molecule has 10 heteroatoms. The van der Waals surface area contributed by atoms with Gasteiger partial charge in [0.1, 0.15) is 5.69 Å². The summed E-state index contributed by atoms with van der Waals surface area (Å²) in [4.78, 5) is 17.7. The topological polar surface area (TPSA) is 99.8 Å². The Bertz CT molecular complexity index is 986. The second kappa shape index (κ2) is 13.3. The number of aromatic amines is 1. The van der Waals surface area contributed by atoms with Crippen LogP contribution in [0.25, 0.3) is 11.3 Å². The van der Waals surface area contributed by atoms with Crippen LogP contribution in [0.4, 0.5) is 0 Å². The van der Waals surface area contributed by atoms with Crippen molar-refractivity contribution in [3.63, 3.8) is 0 Å². The highest BCUT2D eigenvalue weighted by Gasteiger charge is 2.31. The standard InChI is InChI=1S/C15H15N3O3S.C10H22N2O/c19-15(18-5-7-21-8-6-18)14-11-9-22(20)12-4-2-1-3-10(12)13(11)16-17-14;1-13-10-6-11-5-9-12-7-3-2-4-8-12/h1-4H,5-9H2,(H,16,17);11H,2-10H2,1H3. The Morgan fingerprint density at radius 3 is 2.69 bits per heavy atom. The van der Waals surface area contributed by atoms with Gasteiger partial charge in [-0.1, -0.05) is 24.6 Å². The summed E-state index contributed by atoms with van der Waals surface area (Å²) in [5.74, 6) is 0.238. The predicted molar refractivity (Wildman–Crippen MR) is 136 cm³/mol. The van der Waals surface area contributed by atoms with Gasteiger partial charge in [-0.15, -0.1) is 0 Å². The minimum absolute atomic E-state index is 0.0894. The molecule has 9 nitrogen and oxygen atoms in total. The molecule has 1 aromatic carbocycles. The number of hydrogen-bond acceptors (Lipinski definition) is 7. The van der Waals surface area contributed by atoms with E-state index in [1.807, 2.05) is 24.3 Å². The molecule has 2 N–H and O–H groups in total. The average molecular weight is 504 g/mol. The van der Waals surface area contributed by atoms with Crippen LogP contribution in [0.2, 0.25) is 0 Å². The second-order valence-electron chi connectivity index (χ2n) is 8.96. The van der Waals surface area contributed by atoms with Crippen molar-refractivity contribution in [3.8, 4) is 11.3 Å². The number of morpholine rings is 1. The van der Waals surface area contributed by atoms with Gasteiger partial charge in [0.05, 0.1) is 42.1 Å². The first-order valence-electron chi connectivity index (χ1n) is 12.5. The fraction of sp³-hybridized carbons (Fsp3) is 0.600. The minimum atomic E-state index is -1.14. The third-order valence-electron chi connectivity index (χ3n) is 6.58. The molecule has 0 radical (unpaired) electrons. The lowest BCUT2D eigenvalue weighted by atomic mass is 10.1. The van der Waals surface area contributed by atoms with E-state index in [0.29, 0.717) is 37.8 Å². The zero-order valence-electron chi connectivity index (χ0n) is 20.6. The summed E-state index contributed by atoms with van der Waals surface area (Å²) in [7, 11) is 0.600. The average Bonchev–Trinajstić information content (AvgIpc) is 3.34. The molecule has 2 saturated heterocycles. The monoisotopic (exact) mass is 503 g/mol. The van der Waals surface area contributed by atoms with Crippen molar-refractivity contribution in [2.24, 2.45) is 0 Å². The lowest BCUT2D eigenvalue weighted by Crippen LogP contribution is -2.41. The van der Waals surface area contributed by atoms with Crippen molar-refractivity contribution in [2.75, 3.05) is 72.7 Å². The first-order valence-corrected chi connectivity index (χ1v) is 13.8. The van der Waals surface area contributed by atoms with Gasteiger partial charge < -0.3 is 24.6 Å². The maximum Gasteiger partial charge on any atom is 0.272 e. The van der Waals surface area contributed by atoms with E-state index >= 15 is 0 Å².